The highest BCUT2D eigenvalue weighted by atomic mass is 16.5. The Balaban J connectivity index is 2.06. The van der Waals surface area contributed by atoms with Crippen LogP contribution in [-0.2, 0) is 6.61 Å². The molecule has 90 valence electrons. The van der Waals surface area contributed by atoms with Crippen LogP contribution < -0.4 is 4.74 Å². The van der Waals surface area contributed by atoms with Crippen molar-refractivity contribution in [2.45, 2.75) is 13.5 Å². The highest BCUT2D eigenvalue weighted by Crippen LogP contribution is 2.17. The molecule has 0 fully saturated rings. The highest BCUT2D eigenvalue weighted by molar-refractivity contribution is 5.41. The Morgan fingerprint density at radius 2 is 2.06 bits per heavy atom. The van der Waals surface area contributed by atoms with Crippen LogP contribution in [0.1, 0.15) is 16.8 Å². The molecule has 1 aromatic heterocycles. The molecule has 18 heavy (non-hydrogen) atoms. The molecule has 0 bridgehead atoms. The quantitative estimate of drug-likeness (QED) is 0.895. The van der Waals surface area contributed by atoms with Gasteiger partial charge in [0.25, 0.3) is 0 Å². The van der Waals surface area contributed by atoms with Gasteiger partial charge in [-0.2, -0.15) is 5.26 Å². The molecule has 0 saturated heterocycles. The van der Waals surface area contributed by atoms with Crippen LogP contribution in [0.2, 0.25) is 0 Å². The van der Waals surface area contributed by atoms with Crippen molar-refractivity contribution in [3.63, 3.8) is 0 Å². The summed E-state index contributed by atoms with van der Waals surface area (Å²) in [5, 5.41) is 18.1. The summed E-state index contributed by atoms with van der Waals surface area (Å²) < 4.78 is 5.53. The monoisotopic (exact) mass is 240 g/mol. The summed E-state index contributed by atoms with van der Waals surface area (Å²) in [4.78, 5) is 3.99. The largest absolute Gasteiger partial charge is 0.505 e. The minimum Gasteiger partial charge on any atom is -0.505 e. The van der Waals surface area contributed by atoms with Crippen LogP contribution in [0.3, 0.4) is 0 Å². The number of nitriles is 1. The van der Waals surface area contributed by atoms with Gasteiger partial charge >= 0.3 is 0 Å². The lowest BCUT2D eigenvalue weighted by molar-refractivity contribution is 0.301. The van der Waals surface area contributed by atoms with Crippen LogP contribution in [0.5, 0.6) is 11.5 Å². The van der Waals surface area contributed by atoms with E-state index in [1.54, 1.807) is 0 Å². The third-order valence-electron chi connectivity index (χ3n) is 2.47. The summed E-state index contributed by atoms with van der Waals surface area (Å²) >= 11 is 0. The molecular formula is C14H12N2O2. The lowest BCUT2D eigenvalue weighted by atomic mass is 10.2. The molecule has 0 aliphatic carbocycles. The fourth-order valence-electron chi connectivity index (χ4n) is 1.45. The lowest BCUT2D eigenvalue weighted by Crippen LogP contribution is -1.98. The Morgan fingerprint density at radius 1 is 1.33 bits per heavy atom. The normalized spacial score (nSPS) is 9.78. The maximum atomic E-state index is 9.32. The third kappa shape index (κ3) is 2.77. The first kappa shape index (κ1) is 11.9. The van der Waals surface area contributed by atoms with E-state index in [2.05, 4.69) is 4.98 Å². The van der Waals surface area contributed by atoms with Gasteiger partial charge in [0.2, 0.25) is 0 Å². The SMILES string of the molecule is Cc1ccc(OCc2cc(C#N)c(O)cn2)cc1. The van der Waals surface area contributed by atoms with Crippen molar-refractivity contribution < 1.29 is 9.84 Å². The molecule has 0 amide bonds. The Kier molecular flexibility index (Phi) is 3.44. The summed E-state index contributed by atoms with van der Waals surface area (Å²) in [6.45, 7) is 2.27. The molecule has 0 saturated carbocycles. The molecule has 0 aliphatic rings. The number of hydrogen-bond donors (Lipinski definition) is 1. The van der Waals surface area contributed by atoms with Gasteiger partial charge in [-0.15, -0.1) is 0 Å². The first-order valence-electron chi connectivity index (χ1n) is 5.46. The van der Waals surface area contributed by atoms with Crippen LogP contribution in [0.25, 0.3) is 0 Å². The minimum absolute atomic E-state index is 0.114. The zero-order chi connectivity index (χ0) is 13.0. The fourth-order valence-corrected chi connectivity index (χ4v) is 1.45. The first-order valence-corrected chi connectivity index (χ1v) is 5.46. The van der Waals surface area contributed by atoms with Crippen molar-refractivity contribution >= 4 is 0 Å². The molecule has 0 radical (unpaired) electrons. The zero-order valence-electron chi connectivity index (χ0n) is 9.92. The summed E-state index contributed by atoms with van der Waals surface area (Å²) in [5.41, 5.74) is 1.97. The topological polar surface area (TPSA) is 66.1 Å². The van der Waals surface area contributed by atoms with Crippen molar-refractivity contribution in [2.24, 2.45) is 0 Å². The van der Waals surface area contributed by atoms with E-state index in [4.69, 9.17) is 10.00 Å². The second kappa shape index (κ2) is 5.19. The van der Waals surface area contributed by atoms with Crippen LogP contribution >= 0.6 is 0 Å². The molecular weight excluding hydrogens is 228 g/mol. The second-order valence-corrected chi connectivity index (χ2v) is 3.91. The Labute approximate surface area is 105 Å². The average Bonchev–Trinajstić information content (AvgIpc) is 2.39. The molecule has 0 unspecified atom stereocenters. The van der Waals surface area contributed by atoms with Gasteiger partial charge in [0.1, 0.15) is 18.4 Å². The number of pyridine rings is 1. The van der Waals surface area contributed by atoms with Gasteiger partial charge in [-0.1, -0.05) is 17.7 Å². The minimum atomic E-state index is -0.114. The predicted octanol–water partition coefficient (Wildman–Crippen LogP) is 2.55. The van der Waals surface area contributed by atoms with E-state index in [9.17, 15) is 5.11 Å². The van der Waals surface area contributed by atoms with Crippen LogP contribution in [-0.4, -0.2) is 10.1 Å². The summed E-state index contributed by atoms with van der Waals surface area (Å²) in [6, 6.07) is 11.1. The molecule has 1 N–H and O–H groups in total. The number of aromatic hydroxyl groups is 1. The summed E-state index contributed by atoms with van der Waals surface area (Å²) in [7, 11) is 0. The van der Waals surface area contributed by atoms with Gasteiger partial charge in [0, 0.05) is 0 Å². The van der Waals surface area contributed by atoms with Gasteiger partial charge in [0.15, 0.2) is 5.75 Å². The highest BCUT2D eigenvalue weighted by Gasteiger charge is 2.04. The van der Waals surface area contributed by atoms with Gasteiger partial charge in [-0.25, -0.2) is 0 Å². The van der Waals surface area contributed by atoms with E-state index in [0.717, 1.165) is 11.3 Å². The van der Waals surface area contributed by atoms with Crippen molar-refractivity contribution in [1.82, 2.24) is 4.98 Å². The number of benzene rings is 1. The van der Waals surface area contributed by atoms with E-state index in [1.807, 2.05) is 37.3 Å². The number of nitrogens with zero attached hydrogens (tertiary/aromatic N) is 2. The number of aryl methyl sites for hydroxylation is 1. The number of hydrogen-bond acceptors (Lipinski definition) is 4. The molecule has 0 spiro atoms. The van der Waals surface area contributed by atoms with Gasteiger partial charge in [-0.05, 0) is 25.1 Å². The van der Waals surface area contributed by atoms with Crippen LogP contribution in [0.4, 0.5) is 0 Å². The van der Waals surface area contributed by atoms with E-state index < -0.39 is 0 Å². The van der Waals surface area contributed by atoms with Crippen molar-refractivity contribution in [3.8, 4) is 17.6 Å². The Morgan fingerprint density at radius 3 is 2.72 bits per heavy atom. The maximum Gasteiger partial charge on any atom is 0.151 e. The van der Waals surface area contributed by atoms with E-state index in [0.29, 0.717) is 5.69 Å². The summed E-state index contributed by atoms with van der Waals surface area (Å²) in [5.74, 6) is 0.630. The Hall–Kier alpha value is -2.54. The number of ether oxygens (including phenoxy) is 1. The van der Waals surface area contributed by atoms with Gasteiger partial charge in [-0.3, -0.25) is 4.98 Å². The third-order valence-corrected chi connectivity index (χ3v) is 2.47. The molecule has 1 heterocycles. The standard InChI is InChI=1S/C14H12N2O2/c1-10-2-4-13(5-3-10)18-9-12-6-11(7-15)14(17)8-16-12/h2-6,8,17H,9H2,1H3. The maximum absolute atomic E-state index is 9.32. The van der Waals surface area contributed by atoms with Crippen molar-refractivity contribution in [1.29, 1.82) is 5.26 Å². The van der Waals surface area contributed by atoms with Gasteiger partial charge < -0.3 is 9.84 Å². The second-order valence-electron chi connectivity index (χ2n) is 3.91. The molecule has 4 nitrogen and oxygen atoms in total. The molecule has 4 heteroatoms. The molecule has 0 aliphatic heterocycles. The Bertz CT molecular complexity index is 586. The average molecular weight is 240 g/mol. The molecule has 2 aromatic rings. The first-order chi connectivity index (χ1) is 8.69. The van der Waals surface area contributed by atoms with E-state index >= 15 is 0 Å². The number of aromatic nitrogens is 1. The van der Waals surface area contributed by atoms with E-state index in [-0.39, 0.29) is 17.9 Å². The van der Waals surface area contributed by atoms with Crippen molar-refractivity contribution in [3.05, 3.63) is 53.3 Å². The molecule has 0 atom stereocenters. The molecule has 1 aromatic carbocycles. The van der Waals surface area contributed by atoms with Crippen LogP contribution in [0, 0.1) is 18.3 Å². The smallest absolute Gasteiger partial charge is 0.151 e. The van der Waals surface area contributed by atoms with Crippen LogP contribution in [0.15, 0.2) is 36.5 Å². The fraction of sp³-hybridized carbons (Fsp3) is 0.143. The summed E-state index contributed by atoms with van der Waals surface area (Å²) in [6.07, 6.45) is 1.26. The zero-order valence-corrected chi connectivity index (χ0v) is 9.92. The van der Waals surface area contributed by atoms with Crippen molar-refractivity contribution in [2.75, 3.05) is 0 Å². The predicted molar refractivity (Wildman–Crippen MR) is 66.1 cm³/mol. The number of rotatable bonds is 3. The molecule has 2 rings (SSSR count). The lowest BCUT2D eigenvalue weighted by Gasteiger charge is -2.06. The van der Waals surface area contributed by atoms with E-state index in [1.165, 1.54) is 12.3 Å². The van der Waals surface area contributed by atoms with Gasteiger partial charge in [0.05, 0.1) is 17.5 Å².